The first-order chi connectivity index (χ1) is 9.70. The first kappa shape index (κ1) is 13.9. The quantitative estimate of drug-likeness (QED) is 0.735. The van der Waals surface area contributed by atoms with Crippen molar-refractivity contribution in [2.75, 3.05) is 13.1 Å². The van der Waals surface area contributed by atoms with Gasteiger partial charge in [-0.25, -0.2) is 4.98 Å². The molecule has 1 saturated heterocycles. The van der Waals surface area contributed by atoms with Crippen molar-refractivity contribution in [3.63, 3.8) is 0 Å². The van der Waals surface area contributed by atoms with E-state index < -0.39 is 0 Å². The van der Waals surface area contributed by atoms with Gasteiger partial charge in [0.05, 0.1) is 5.56 Å². The van der Waals surface area contributed by atoms with Crippen LogP contribution in [0.25, 0.3) is 0 Å². The van der Waals surface area contributed by atoms with E-state index in [9.17, 15) is 4.79 Å². The third-order valence-electron chi connectivity index (χ3n) is 5.02. The second kappa shape index (κ2) is 5.72. The highest BCUT2D eigenvalue weighted by molar-refractivity contribution is 6.32. The molecule has 0 N–H and O–H groups in total. The van der Waals surface area contributed by atoms with E-state index in [0.717, 1.165) is 25.9 Å². The summed E-state index contributed by atoms with van der Waals surface area (Å²) in [5.74, 6) is 0.0359. The summed E-state index contributed by atoms with van der Waals surface area (Å²) >= 11 is 6.02. The van der Waals surface area contributed by atoms with Crippen LogP contribution in [-0.4, -0.2) is 28.9 Å². The number of rotatable bonds is 1. The van der Waals surface area contributed by atoms with E-state index in [0.29, 0.717) is 16.1 Å². The maximum atomic E-state index is 12.5. The Labute approximate surface area is 125 Å². The molecule has 2 heterocycles. The van der Waals surface area contributed by atoms with Crippen molar-refractivity contribution in [1.82, 2.24) is 9.88 Å². The van der Waals surface area contributed by atoms with Crippen molar-refractivity contribution in [3.05, 3.63) is 29.0 Å². The van der Waals surface area contributed by atoms with E-state index in [1.165, 1.54) is 32.1 Å². The Kier molecular flexibility index (Phi) is 3.97. The highest BCUT2D eigenvalue weighted by Crippen LogP contribution is 2.44. The standard InChI is InChI=1S/C16H21ClN2O/c17-14-13(5-4-10-18-14)15(20)19-11-8-16(9-12-19)6-2-1-3-7-16/h4-5,10H,1-3,6-9,11-12H2. The number of carbonyl (C=O) groups is 1. The van der Waals surface area contributed by atoms with Crippen LogP contribution < -0.4 is 0 Å². The number of likely N-dealkylation sites (tertiary alicyclic amines) is 1. The largest absolute Gasteiger partial charge is 0.339 e. The van der Waals surface area contributed by atoms with Crippen molar-refractivity contribution < 1.29 is 4.79 Å². The first-order valence-corrected chi connectivity index (χ1v) is 7.98. The lowest BCUT2D eigenvalue weighted by Crippen LogP contribution is -2.44. The van der Waals surface area contributed by atoms with E-state index in [2.05, 4.69) is 4.98 Å². The first-order valence-electron chi connectivity index (χ1n) is 7.60. The Morgan fingerprint density at radius 2 is 1.85 bits per heavy atom. The molecule has 3 nitrogen and oxygen atoms in total. The van der Waals surface area contributed by atoms with Gasteiger partial charge in [-0.1, -0.05) is 30.9 Å². The zero-order valence-electron chi connectivity index (χ0n) is 11.8. The van der Waals surface area contributed by atoms with Crippen LogP contribution in [0, 0.1) is 5.41 Å². The molecule has 0 aromatic carbocycles. The molecule has 4 heteroatoms. The molecule has 2 aliphatic rings. The van der Waals surface area contributed by atoms with Crippen LogP contribution >= 0.6 is 11.6 Å². The van der Waals surface area contributed by atoms with Crippen LogP contribution in [0.2, 0.25) is 5.15 Å². The second-order valence-electron chi connectivity index (χ2n) is 6.19. The SMILES string of the molecule is O=C(c1cccnc1Cl)N1CCC2(CCCCC2)CC1. The normalized spacial score (nSPS) is 21.9. The Morgan fingerprint density at radius 1 is 1.15 bits per heavy atom. The molecular weight excluding hydrogens is 272 g/mol. The third-order valence-corrected chi connectivity index (χ3v) is 5.32. The fourth-order valence-electron chi connectivity index (χ4n) is 3.70. The summed E-state index contributed by atoms with van der Waals surface area (Å²) in [6, 6.07) is 3.54. The number of halogens is 1. The number of piperidine rings is 1. The van der Waals surface area contributed by atoms with Crippen molar-refractivity contribution in [1.29, 1.82) is 0 Å². The molecule has 1 aliphatic heterocycles. The smallest absolute Gasteiger partial charge is 0.256 e. The Balaban J connectivity index is 1.66. The number of carbonyl (C=O) groups excluding carboxylic acids is 1. The molecule has 108 valence electrons. The Morgan fingerprint density at radius 3 is 2.50 bits per heavy atom. The minimum atomic E-state index is 0.0359. The highest BCUT2D eigenvalue weighted by Gasteiger charge is 2.37. The maximum Gasteiger partial charge on any atom is 0.256 e. The van der Waals surface area contributed by atoms with E-state index in [1.54, 1.807) is 18.3 Å². The Hall–Kier alpha value is -1.09. The van der Waals surface area contributed by atoms with Crippen LogP contribution in [-0.2, 0) is 0 Å². The molecule has 0 bridgehead atoms. The molecule has 1 saturated carbocycles. The molecule has 20 heavy (non-hydrogen) atoms. The van der Waals surface area contributed by atoms with Gasteiger partial charge in [-0.15, -0.1) is 0 Å². The predicted octanol–water partition coefficient (Wildman–Crippen LogP) is 3.92. The topological polar surface area (TPSA) is 33.2 Å². The molecule has 0 radical (unpaired) electrons. The Bertz CT molecular complexity index is 487. The fourth-order valence-corrected chi connectivity index (χ4v) is 3.90. The zero-order valence-corrected chi connectivity index (χ0v) is 12.5. The molecule has 3 rings (SSSR count). The number of pyridine rings is 1. The van der Waals surface area contributed by atoms with Crippen molar-refractivity contribution in [2.24, 2.45) is 5.41 Å². The van der Waals surface area contributed by atoms with Crippen molar-refractivity contribution in [3.8, 4) is 0 Å². The third kappa shape index (κ3) is 2.69. The summed E-state index contributed by atoms with van der Waals surface area (Å²) in [4.78, 5) is 18.4. The summed E-state index contributed by atoms with van der Waals surface area (Å²) in [5.41, 5.74) is 1.06. The van der Waals surface area contributed by atoms with Crippen LogP contribution in [0.5, 0.6) is 0 Å². The summed E-state index contributed by atoms with van der Waals surface area (Å²) in [7, 11) is 0. The van der Waals surface area contributed by atoms with Gasteiger partial charge in [0.2, 0.25) is 0 Å². The number of hydrogen-bond acceptors (Lipinski definition) is 2. The van der Waals surface area contributed by atoms with Gasteiger partial charge in [0.25, 0.3) is 5.91 Å². The van der Waals surface area contributed by atoms with Gasteiger partial charge in [0.1, 0.15) is 5.15 Å². The number of hydrogen-bond donors (Lipinski definition) is 0. The van der Waals surface area contributed by atoms with Crippen LogP contribution in [0.15, 0.2) is 18.3 Å². The lowest BCUT2D eigenvalue weighted by Gasteiger charge is -2.44. The molecule has 1 spiro atoms. The average molecular weight is 293 g/mol. The minimum Gasteiger partial charge on any atom is -0.339 e. The van der Waals surface area contributed by atoms with Gasteiger partial charge in [-0.05, 0) is 43.2 Å². The van der Waals surface area contributed by atoms with Crippen LogP contribution in [0.3, 0.4) is 0 Å². The monoisotopic (exact) mass is 292 g/mol. The van der Waals surface area contributed by atoms with E-state index >= 15 is 0 Å². The summed E-state index contributed by atoms with van der Waals surface area (Å²) < 4.78 is 0. The molecule has 1 aliphatic carbocycles. The van der Waals surface area contributed by atoms with Gasteiger partial charge in [-0.2, -0.15) is 0 Å². The van der Waals surface area contributed by atoms with E-state index in [4.69, 9.17) is 11.6 Å². The maximum absolute atomic E-state index is 12.5. The summed E-state index contributed by atoms with van der Waals surface area (Å²) in [6.07, 6.45) is 10.7. The van der Waals surface area contributed by atoms with E-state index in [1.807, 2.05) is 4.90 Å². The predicted molar refractivity (Wildman–Crippen MR) is 79.9 cm³/mol. The van der Waals surface area contributed by atoms with Crippen molar-refractivity contribution in [2.45, 2.75) is 44.9 Å². The van der Waals surface area contributed by atoms with Crippen molar-refractivity contribution >= 4 is 17.5 Å². The lowest BCUT2D eigenvalue weighted by molar-refractivity contribution is 0.0472. The number of nitrogens with zero attached hydrogens (tertiary/aromatic N) is 2. The molecule has 0 unspecified atom stereocenters. The number of aromatic nitrogens is 1. The molecule has 1 aromatic rings. The van der Waals surface area contributed by atoms with Gasteiger partial charge in [0.15, 0.2) is 0 Å². The molecule has 1 amide bonds. The molecule has 2 fully saturated rings. The molecular formula is C16H21ClN2O. The van der Waals surface area contributed by atoms with Gasteiger partial charge >= 0.3 is 0 Å². The zero-order chi connectivity index (χ0) is 14.0. The molecule has 1 aromatic heterocycles. The molecule has 0 atom stereocenters. The number of amides is 1. The van der Waals surface area contributed by atoms with Crippen LogP contribution in [0.1, 0.15) is 55.3 Å². The highest BCUT2D eigenvalue weighted by atomic mass is 35.5. The summed E-state index contributed by atoms with van der Waals surface area (Å²) in [6.45, 7) is 1.73. The lowest BCUT2D eigenvalue weighted by atomic mass is 9.68. The van der Waals surface area contributed by atoms with Gasteiger partial charge in [-0.3, -0.25) is 4.79 Å². The second-order valence-corrected chi connectivity index (χ2v) is 6.55. The summed E-state index contributed by atoms with van der Waals surface area (Å²) in [5, 5.41) is 0.315. The fraction of sp³-hybridized carbons (Fsp3) is 0.625. The van der Waals surface area contributed by atoms with Crippen LogP contribution in [0.4, 0.5) is 0 Å². The minimum absolute atomic E-state index is 0.0359. The van der Waals surface area contributed by atoms with Gasteiger partial charge in [0, 0.05) is 19.3 Å². The van der Waals surface area contributed by atoms with Gasteiger partial charge < -0.3 is 4.90 Å². The average Bonchev–Trinajstić information content (AvgIpc) is 2.49. The van der Waals surface area contributed by atoms with E-state index in [-0.39, 0.29) is 5.91 Å².